The maximum Gasteiger partial charge on any atom is 0.227 e. The fourth-order valence-electron chi connectivity index (χ4n) is 0.359. The van der Waals surface area contributed by atoms with Gasteiger partial charge in [0.2, 0.25) is 5.91 Å². The second kappa shape index (κ2) is 3.52. The van der Waals surface area contributed by atoms with E-state index in [0.29, 0.717) is 0 Å². The van der Waals surface area contributed by atoms with Gasteiger partial charge in [-0.2, -0.15) is 0 Å². The first-order valence-corrected chi connectivity index (χ1v) is 4.33. The van der Waals surface area contributed by atoms with E-state index in [1.54, 1.807) is 5.51 Å². The van der Waals surface area contributed by atoms with Crippen LogP contribution in [0.1, 0.15) is 0 Å². The third-order valence-corrected chi connectivity index (χ3v) is 2.56. The van der Waals surface area contributed by atoms with Crippen LogP contribution >= 0.6 is 23.1 Å². The SMILES string of the molecule is NC(=O)CSc1nncs1. The molecular weight excluding hydrogens is 170 g/mol. The molecule has 0 bridgehead atoms. The van der Waals surface area contributed by atoms with Gasteiger partial charge in [0.05, 0.1) is 5.75 Å². The van der Waals surface area contributed by atoms with Crippen molar-refractivity contribution < 1.29 is 4.79 Å². The van der Waals surface area contributed by atoms with Crippen molar-refractivity contribution in [3.63, 3.8) is 0 Å². The molecule has 0 saturated heterocycles. The summed E-state index contributed by atoms with van der Waals surface area (Å²) in [4.78, 5) is 10.3. The van der Waals surface area contributed by atoms with Gasteiger partial charge in [-0.3, -0.25) is 4.79 Å². The van der Waals surface area contributed by atoms with Crippen molar-refractivity contribution in [2.75, 3.05) is 5.75 Å². The lowest BCUT2D eigenvalue weighted by atomic mass is 10.8. The molecular formula is C4H5N3OS2. The maximum absolute atomic E-state index is 10.3. The Morgan fingerprint density at radius 1 is 1.90 bits per heavy atom. The molecule has 0 radical (unpaired) electrons. The Morgan fingerprint density at radius 3 is 3.20 bits per heavy atom. The summed E-state index contributed by atoms with van der Waals surface area (Å²) in [5, 5.41) is 7.31. The van der Waals surface area contributed by atoms with E-state index in [9.17, 15) is 4.79 Å². The highest BCUT2D eigenvalue weighted by Crippen LogP contribution is 2.17. The topological polar surface area (TPSA) is 68.9 Å². The fraction of sp³-hybridized carbons (Fsp3) is 0.250. The van der Waals surface area contributed by atoms with E-state index in [1.807, 2.05) is 0 Å². The van der Waals surface area contributed by atoms with Crippen LogP contribution in [0.15, 0.2) is 9.85 Å². The number of hydrogen-bond donors (Lipinski definition) is 1. The molecule has 0 aliphatic heterocycles. The minimum absolute atomic E-state index is 0.273. The second-order valence-corrected chi connectivity index (χ2v) is 3.52. The monoisotopic (exact) mass is 175 g/mol. The van der Waals surface area contributed by atoms with Crippen molar-refractivity contribution in [3.05, 3.63) is 5.51 Å². The first-order valence-electron chi connectivity index (χ1n) is 2.46. The molecule has 4 nitrogen and oxygen atoms in total. The van der Waals surface area contributed by atoms with Crippen molar-refractivity contribution in [1.82, 2.24) is 10.2 Å². The number of nitrogens with two attached hydrogens (primary N) is 1. The molecule has 0 aliphatic rings. The molecule has 1 aromatic heterocycles. The molecule has 0 atom stereocenters. The lowest BCUT2D eigenvalue weighted by molar-refractivity contribution is -0.115. The summed E-state index contributed by atoms with van der Waals surface area (Å²) < 4.78 is 0.777. The minimum atomic E-state index is -0.333. The third kappa shape index (κ3) is 2.32. The Labute approximate surface area is 65.8 Å². The average molecular weight is 175 g/mol. The number of carbonyl (C=O) groups excluding carboxylic acids is 1. The number of aromatic nitrogens is 2. The zero-order chi connectivity index (χ0) is 7.40. The maximum atomic E-state index is 10.3. The Kier molecular flexibility index (Phi) is 2.64. The first-order chi connectivity index (χ1) is 4.79. The van der Waals surface area contributed by atoms with Crippen LogP contribution in [0, 0.1) is 0 Å². The third-order valence-electron chi connectivity index (χ3n) is 0.678. The number of nitrogens with zero attached hydrogens (tertiary/aromatic N) is 2. The summed E-state index contributed by atoms with van der Waals surface area (Å²) in [6.45, 7) is 0. The van der Waals surface area contributed by atoms with Crippen LogP contribution in [0.5, 0.6) is 0 Å². The van der Waals surface area contributed by atoms with Gasteiger partial charge in [-0.25, -0.2) is 0 Å². The lowest BCUT2D eigenvalue weighted by Crippen LogP contribution is -2.12. The van der Waals surface area contributed by atoms with Gasteiger partial charge in [0.1, 0.15) is 5.51 Å². The van der Waals surface area contributed by atoms with Gasteiger partial charge in [-0.05, 0) is 0 Å². The number of amides is 1. The molecule has 0 saturated carbocycles. The lowest BCUT2D eigenvalue weighted by Gasteiger charge is -1.88. The molecule has 54 valence electrons. The summed E-state index contributed by atoms with van der Waals surface area (Å²) in [7, 11) is 0. The second-order valence-electron chi connectivity index (χ2n) is 1.46. The van der Waals surface area contributed by atoms with Gasteiger partial charge in [0, 0.05) is 0 Å². The molecule has 0 aromatic carbocycles. The fourth-order valence-corrected chi connectivity index (χ4v) is 1.59. The van der Waals surface area contributed by atoms with Crippen LogP contribution < -0.4 is 5.73 Å². The Bertz CT molecular complexity index is 210. The standard InChI is InChI=1S/C4H5N3OS2/c5-3(8)1-9-4-7-6-2-10-4/h2H,1H2,(H2,5,8). The smallest absolute Gasteiger partial charge is 0.227 e. The molecule has 2 N–H and O–H groups in total. The number of primary amides is 1. The van der Waals surface area contributed by atoms with Crippen LogP contribution in [0.4, 0.5) is 0 Å². The number of rotatable bonds is 3. The largest absolute Gasteiger partial charge is 0.369 e. The van der Waals surface area contributed by atoms with Crippen molar-refractivity contribution in [3.8, 4) is 0 Å². The predicted octanol–water partition coefficient (Wildman–Crippen LogP) is 0.115. The van der Waals surface area contributed by atoms with E-state index in [1.165, 1.54) is 23.1 Å². The summed E-state index contributed by atoms with van der Waals surface area (Å²) in [6.07, 6.45) is 0. The van der Waals surface area contributed by atoms with Gasteiger partial charge in [0.25, 0.3) is 0 Å². The predicted molar refractivity (Wildman–Crippen MR) is 39.8 cm³/mol. The van der Waals surface area contributed by atoms with Crippen LogP contribution in [-0.4, -0.2) is 21.9 Å². The van der Waals surface area contributed by atoms with Crippen molar-refractivity contribution >= 4 is 29.0 Å². The van der Waals surface area contributed by atoms with E-state index in [0.717, 1.165) is 4.34 Å². The molecule has 10 heavy (non-hydrogen) atoms. The first kappa shape index (κ1) is 7.49. The quantitative estimate of drug-likeness (QED) is 0.662. The normalized spacial score (nSPS) is 9.60. The average Bonchev–Trinajstić information content (AvgIpc) is 2.34. The van der Waals surface area contributed by atoms with Crippen LogP contribution in [0.2, 0.25) is 0 Å². The van der Waals surface area contributed by atoms with Crippen LogP contribution in [0.3, 0.4) is 0 Å². The summed E-state index contributed by atoms with van der Waals surface area (Å²) in [5.41, 5.74) is 6.52. The molecule has 1 aromatic rings. The van der Waals surface area contributed by atoms with E-state index in [4.69, 9.17) is 5.73 Å². The van der Waals surface area contributed by atoms with Crippen molar-refractivity contribution in [1.29, 1.82) is 0 Å². The Hall–Kier alpha value is -0.620. The van der Waals surface area contributed by atoms with Gasteiger partial charge in [0.15, 0.2) is 4.34 Å². The molecule has 1 heterocycles. The zero-order valence-electron chi connectivity index (χ0n) is 4.98. The summed E-state index contributed by atoms with van der Waals surface area (Å²) in [6, 6.07) is 0. The highest BCUT2D eigenvalue weighted by molar-refractivity contribution is 8.01. The highest BCUT2D eigenvalue weighted by Gasteiger charge is 1.99. The van der Waals surface area contributed by atoms with Crippen LogP contribution in [0.25, 0.3) is 0 Å². The van der Waals surface area contributed by atoms with E-state index in [2.05, 4.69) is 10.2 Å². The van der Waals surface area contributed by atoms with Gasteiger partial charge < -0.3 is 5.73 Å². The van der Waals surface area contributed by atoms with Crippen LogP contribution in [-0.2, 0) is 4.79 Å². The number of hydrogen-bond acceptors (Lipinski definition) is 5. The molecule has 1 amide bonds. The zero-order valence-corrected chi connectivity index (χ0v) is 6.61. The van der Waals surface area contributed by atoms with E-state index in [-0.39, 0.29) is 11.7 Å². The summed E-state index contributed by atoms with van der Waals surface area (Å²) >= 11 is 2.70. The number of thioether (sulfide) groups is 1. The number of carbonyl (C=O) groups is 1. The van der Waals surface area contributed by atoms with Gasteiger partial charge >= 0.3 is 0 Å². The minimum Gasteiger partial charge on any atom is -0.369 e. The van der Waals surface area contributed by atoms with E-state index >= 15 is 0 Å². The Balaban J connectivity index is 2.35. The Morgan fingerprint density at radius 2 is 2.70 bits per heavy atom. The van der Waals surface area contributed by atoms with Crippen molar-refractivity contribution in [2.24, 2.45) is 5.73 Å². The molecule has 0 spiro atoms. The van der Waals surface area contributed by atoms with Gasteiger partial charge in [-0.1, -0.05) is 23.1 Å². The summed E-state index contributed by atoms with van der Waals surface area (Å²) in [5.74, 6) is -0.0601. The van der Waals surface area contributed by atoms with Crippen molar-refractivity contribution in [2.45, 2.75) is 4.34 Å². The molecule has 0 aliphatic carbocycles. The molecule has 6 heteroatoms. The molecule has 0 fully saturated rings. The molecule has 1 rings (SSSR count). The molecule has 0 unspecified atom stereocenters. The highest BCUT2D eigenvalue weighted by atomic mass is 32.2. The van der Waals surface area contributed by atoms with E-state index < -0.39 is 0 Å². The van der Waals surface area contributed by atoms with Gasteiger partial charge in [-0.15, -0.1) is 10.2 Å².